The van der Waals surface area contributed by atoms with Gasteiger partial charge in [0, 0.05) is 12.6 Å². The van der Waals surface area contributed by atoms with E-state index >= 15 is 0 Å². The normalized spacial score (nSPS) is 10.1. The Hall–Kier alpha value is -1.76. The van der Waals surface area contributed by atoms with Crippen LogP contribution in [0.15, 0.2) is 18.2 Å². The standard InChI is InChI=1S/C11H14N2O4S/c1-18-7-3-6-12-10-8(11(14)15)4-2-5-9(10)13(16)17/h2,4-5,12H,3,6-7H2,1H3,(H,14,15). The molecule has 1 aromatic rings. The molecule has 1 aromatic carbocycles. The lowest BCUT2D eigenvalue weighted by atomic mass is 10.1. The molecule has 0 spiro atoms. The van der Waals surface area contributed by atoms with E-state index in [1.165, 1.54) is 18.2 Å². The van der Waals surface area contributed by atoms with Crippen LogP contribution in [0.2, 0.25) is 0 Å². The summed E-state index contributed by atoms with van der Waals surface area (Å²) in [5.41, 5.74) is -0.205. The molecule has 0 amide bonds. The number of hydrogen-bond donors (Lipinski definition) is 2. The summed E-state index contributed by atoms with van der Waals surface area (Å²) in [4.78, 5) is 21.3. The number of carbonyl (C=O) groups is 1. The predicted molar refractivity (Wildman–Crippen MR) is 71.5 cm³/mol. The number of thioether (sulfide) groups is 1. The van der Waals surface area contributed by atoms with Gasteiger partial charge in [-0.2, -0.15) is 11.8 Å². The SMILES string of the molecule is CSCCCNc1c(C(=O)O)cccc1[N+](=O)[O-]. The maximum atomic E-state index is 11.0. The van der Waals surface area contributed by atoms with Crippen molar-refractivity contribution in [3.63, 3.8) is 0 Å². The van der Waals surface area contributed by atoms with Crippen molar-refractivity contribution < 1.29 is 14.8 Å². The first-order chi connectivity index (χ1) is 8.57. The number of carboxylic acids is 1. The van der Waals surface area contributed by atoms with Crippen molar-refractivity contribution in [2.75, 3.05) is 23.9 Å². The Bertz CT molecular complexity index is 418. The van der Waals surface area contributed by atoms with Crippen LogP contribution in [0.5, 0.6) is 0 Å². The highest BCUT2D eigenvalue weighted by atomic mass is 32.2. The minimum absolute atomic E-state index is 0.0756. The molecule has 0 unspecified atom stereocenters. The van der Waals surface area contributed by atoms with E-state index in [0.29, 0.717) is 6.54 Å². The molecule has 98 valence electrons. The first kappa shape index (κ1) is 14.3. The summed E-state index contributed by atoms with van der Waals surface area (Å²) >= 11 is 1.67. The molecule has 6 nitrogen and oxygen atoms in total. The number of carboxylic acid groups (broad SMARTS) is 1. The Morgan fingerprint density at radius 2 is 2.28 bits per heavy atom. The van der Waals surface area contributed by atoms with Gasteiger partial charge < -0.3 is 10.4 Å². The van der Waals surface area contributed by atoms with Gasteiger partial charge in [-0.15, -0.1) is 0 Å². The van der Waals surface area contributed by atoms with Crippen molar-refractivity contribution >= 4 is 29.1 Å². The zero-order chi connectivity index (χ0) is 13.5. The third-order valence-corrected chi connectivity index (χ3v) is 2.99. The summed E-state index contributed by atoms with van der Waals surface area (Å²) in [7, 11) is 0. The van der Waals surface area contributed by atoms with Crippen molar-refractivity contribution in [1.82, 2.24) is 0 Å². The Morgan fingerprint density at radius 1 is 1.56 bits per heavy atom. The number of nitrogens with zero attached hydrogens (tertiary/aromatic N) is 1. The smallest absolute Gasteiger partial charge is 0.338 e. The Morgan fingerprint density at radius 3 is 2.83 bits per heavy atom. The Kier molecular flexibility index (Phi) is 5.44. The van der Waals surface area contributed by atoms with E-state index in [1.54, 1.807) is 11.8 Å². The number of aromatic carboxylic acids is 1. The van der Waals surface area contributed by atoms with Crippen LogP contribution in [-0.2, 0) is 0 Å². The number of nitro groups is 1. The number of benzene rings is 1. The number of nitro benzene ring substituents is 1. The second kappa shape index (κ2) is 6.85. The van der Waals surface area contributed by atoms with Crippen molar-refractivity contribution in [2.45, 2.75) is 6.42 Å². The first-order valence-electron chi connectivity index (χ1n) is 5.31. The van der Waals surface area contributed by atoms with Gasteiger partial charge >= 0.3 is 5.97 Å². The van der Waals surface area contributed by atoms with E-state index < -0.39 is 10.9 Å². The predicted octanol–water partition coefficient (Wildman–Crippen LogP) is 2.46. The number of hydrogen-bond acceptors (Lipinski definition) is 5. The monoisotopic (exact) mass is 270 g/mol. The molecule has 0 aromatic heterocycles. The van der Waals surface area contributed by atoms with Gasteiger partial charge in [0.15, 0.2) is 0 Å². The van der Waals surface area contributed by atoms with Crippen molar-refractivity contribution in [3.8, 4) is 0 Å². The van der Waals surface area contributed by atoms with Crippen LogP contribution in [0.4, 0.5) is 11.4 Å². The lowest BCUT2D eigenvalue weighted by molar-refractivity contribution is -0.384. The lowest BCUT2D eigenvalue weighted by Gasteiger charge is -2.09. The molecule has 0 radical (unpaired) electrons. The van der Waals surface area contributed by atoms with Crippen LogP contribution < -0.4 is 5.32 Å². The van der Waals surface area contributed by atoms with Crippen LogP contribution in [0, 0.1) is 10.1 Å². The molecule has 0 heterocycles. The Labute approximate surface area is 109 Å². The molecular weight excluding hydrogens is 256 g/mol. The van der Waals surface area contributed by atoms with E-state index in [4.69, 9.17) is 5.11 Å². The Balaban J connectivity index is 2.96. The molecule has 0 bridgehead atoms. The quantitative estimate of drug-likeness (QED) is 0.449. The molecule has 0 aliphatic rings. The average Bonchev–Trinajstić information content (AvgIpc) is 2.34. The highest BCUT2D eigenvalue weighted by molar-refractivity contribution is 7.98. The summed E-state index contributed by atoms with van der Waals surface area (Å²) in [6, 6.07) is 4.02. The van der Waals surface area contributed by atoms with Crippen LogP contribution in [0.1, 0.15) is 16.8 Å². The minimum Gasteiger partial charge on any atom is -0.478 e. The highest BCUT2D eigenvalue weighted by Crippen LogP contribution is 2.28. The molecule has 0 fully saturated rings. The van der Waals surface area contributed by atoms with Gasteiger partial charge in [0.2, 0.25) is 0 Å². The molecule has 2 N–H and O–H groups in total. The van der Waals surface area contributed by atoms with E-state index in [-0.39, 0.29) is 16.9 Å². The number of nitrogens with one attached hydrogen (secondary N) is 1. The van der Waals surface area contributed by atoms with Crippen LogP contribution in [0.25, 0.3) is 0 Å². The van der Waals surface area contributed by atoms with Gasteiger partial charge in [0.05, 0.1) is 10.5 Å². The topological polar surface area (TPSA) is 92.5 Å². The molecular formula is C11H14N2O4S. The summed E-state index contributed by atoms with van der Waals surface area (Å²) < 4.78 is 0. The van der Waals surface area contributed by atoms with Gasteiger partial charge in [-0.1, -0.05) is 6.07 Å². The molecule has 0 atom stereocenters. The van der Waals surface area contributed by atoms with E-state index in [0.717, 1.165) is 12.2 Å². The molecule has 1 rings (SSSR count). The zero-order valence-electron chi connectivity index (χ0n) is 9.88. The summed E-state index contributed by atoms with van der Waals surface area (Å²) in [5.74, 6) is -0.262. The minimum atomic E-state index is -1.17. The summed E-state index contributed by atoms with van der Waals surface area (Å²) in [5, 5.41) is 22.7. The number of rotatable bonds is 7. The van der Waals surface area contributed by atoms with Gasteiger partial charge in [-0.25, -0.2) is 4.79 Å². The van der Waals surface area contributed by atoms with E-state index in [9.17, 15) is 14.9 Å². The zero-order valence-corrected chi connectivity index (χ0v) is 10.7. The number of anilines is 1. The number of para-hydroxylation sites is 1. The van der Waals surface area contributed by atoms with Gasteiger partial charge in [0.25, 0.3) is 5.69 Å². The van der Waals surface area contributed by atoms with Gasteiger partial charge in [-0.05, 0) is 24.5 Å². The van der Waals surface area contributed by atoms with Crippen LogP contribution >= 0.6 is 11.8 Å². The van der Waals surface area contributed by atoms with Gasteiger partial charge in [-0.3, -0.25) is 10.1 Å². The molecule has 7 heteroatoms. The third-order valence-electron chi connectivity index (χ3n) is 2.30. The fourth-order valence-electron chi connectivity index (χ4n) is 1.49. The third kappa shape index (κ3) is 3.63. The fourth-order valence-corrected chi connectivity index (χ4v) is 1.92. The molecule has 18 heavy (non-hydrogen) atoms. The van der Waals surface area contributed by atoms with Gasteiger partial charge in [0.1, 0.15) is 5.69 Å². The second-order valence-corrected chi connectivity index (χ2v) is 4.52. The average molecular weight is 270 g/mol. The molecule has 0 saturated heterocycles. The summed E-state index contributed by atoms with van der Waals surface area (Å²) in [6.45, 7) is 0.506. The fraction of sp³-hybridized carbons (Fsp3) is 0.364. The first-order valence-corrected chi connectivity index (χ1v) is 6.70. The van der Waals surface area contributed by atoms with Crippen molar-refractivity contribution in [2.24, 2.45) is 0 Å². The van der Waals surface area contributed by atoms with Crippen molar-refractivity contribution in [1.29, 1.82) is 0 Å². The molecule has 0 saturated carbocycles. The largest absolute Gasteiger partial charge is 0.478 e. The highest BCUT2D eigenvalue weighted by Gasteiger charge is 2.20. The lowest BCUT2D eigenvalue weighted by Crippen LogP contribution is -2.10. The molecule has 0 aliphatic carbocycles. The van der Waals surface area contributed by atoms with Crippen LogP contribution in [-0.4, -0.2) is 34.6 Å². The maximum Gasteiger partial charge on any atom is 0.338 e. The van der Waals surface area contributed by atoms with E-state index in [2.05, 4.69) is 5.32 Å². The van der Waals surface area contributed by atoms with Crippen molar-refractivity contribution in [3.05, 3.63) is 33.9 Å². The van der Waals surface area contributed by atoms with Crippen LogP contribution in [0.3, 0.4) is 0 Å². The maximum absolute atomic E-state index is 11.0. The second-order valence-electron chi connectivity index (χ2n) is 3.54. The summed E-state index contributed by atoms with van der Waals surface area (Å²) in [6.07, 6.45) is 2.78. The van der Waals surface area contributed by atoms with E-state index in [1.807, 2.05) is 6.26 Å². The molecule has 0 aliphatic heterocycles.